The number of nitrogens with zero attached hydrogens (tertiary/aromatic N) is 16. The third-order valence-electron chi connectivity index (χ3n) is 20.6. The van der Waals surface area contributed by atoms with Crippen molar-refractivity contribution in [3.63, 3.8) is 0 Å². The van der Waals surface area contributed by atoms with E-state index in [1.54, 1.807) is 18.2 Å². The zero-order valence-electron chi connectivity index (χ0n) is 59.8. The summed E-state index contributed by atoms with van der Waals surface area (Å²) < 4.78 is 13.2. The summed E-state index contributed by atoms with van der Waals surface area (Å²) in [6, 6.07) is 54.8. The summed E-state index contributed by atoms with van der Waals surface area (Å²) in [5.41, 5.74) is 15.1. The van der Waals surface area contributed by atoms with Gasteiger partial charge in [0.15, 0.2) is 23.3 Å². The molecule has 1 atom stereocenters. The molecule has 0 amide bonds. The lowest BCUT2D eigenvalue weighted by atomic mass is 10.1. The molecule has 0 saturated carbocycles. The predicted octanol–water partition coefficient (Wildman–Crippen LogP) is 16.9. The van der Waals surface area contributed by atoms with Crippen molar-refractivity contribution in [3.8, 4) is 90.6 Å². The summed E-state index contributed by atoms with van der Waals surface area (Å²) in [7, 11) is 0. The Morgan fingerprint density at radius 3 is 1.04 bits per heavy atom. The van der Waals surface area contributed by atoms with Crippen LogP contribution in [0, 0.1) is 5.82 Å². The van der Waals surface area contributed by atoms with E-state index in [0.29, 0.717) is 38.6 Å². The molecule has 0 spiro atoms. The number of fused-ring (bicyclic) bond motifs is 4. The Balaban J connectivity index is 0.000000106. The Hall–Kier alpha value is -11.2. The summed E-state index contributed by atoms with van der Waals surface area (Å²) >= 11 is 18.2. The van der Waals surface area contributed by atoms with Crippen LogP contribution in [-0.4, -0.2) is 173 Å². The fraction of sp³-hybridized carbons (Fsp3) is 0.259. The summed E-state index contributed by atoms with van der Waals surface area (Å²) in [5, 5.41) is 66.0. The van der Waals surface area contributed by atoms with Crippen LogP contribution in [0.2, 0.25) is 15.1 Å². The second-order valence-corrected chi connectivity index (χ2v) is 29.4. The van der Waals surface area contributed by atoms with Crippen LogP contribution in [0.4, 0.5) is 4.39 Å². The van der Waals surface area contributed by atoms with Gasteiger partial charge in [-0.05, 0) is 225 Å². The molecule has 550 valence electrons. The number of likely N-dealkylation sites (tertiary alicyclic amines) is 4. The summed E-state index contributed by atoms with van der Waals surface area (Å²) in [4.78, 5) is 28.4. The molecule has 24 nitrogen and oxygen atoms in total. The lowest BCUT2D eigenvalue weighted by Gasteiger charge is -2.18. The van der Waals surface area contributed by atoms with E-state index in [9.17, 15) is 4.39 Å². The van der Waals surface area contributed by atoms with Crippen molar-refractivity contribution in [3.05, 3.63) is 214 Å². The highest BCUT2D eigenvalue weighted by atomic mass is 35.5. The number of hydrogen-bond acceptors (Lipinski definition) is 16. The van der Waals surface area contributed by atoms with Crippen molar-refractivity contribution in [2.24, 2.45) is 0 Å². The van der Waals surface area contributed by atoms with Crippen molar-refractivity contribution >= 4 is 78.4 Å². The normalized spacial score (nSPS) is 15.7. The van der Waals surface area contributed by atoms with E-state index in [1.165, 1.54) is 63.5 Å². The number of rotatable bonds is 16. The van der Waals surface area contributed by atoms with Crippen molar-refractivity contribution in [2.45, 2.75) is 90.5 Å². The molecular formula is C81H78Cl3FN24. The smallest absolute Gasteiger partial charge is 0.181 e. The van der Waals surface area contributed by atoms with Gasteiger partial charge in [0.1, 0.15) is 29.1 Å². The minimum atomic E-state index is -0.259. The lowest BCUT2D eigenvalue weighted by Crippen LogP contribution is -2.26. The molecule has 4 aliphatic rings. The van der Waals surface area contributed by atoms with Crippen molar-refractivity contribution in [1.29, 1.82) is 0 Å². The molecule has 16 aromatic rings. The maximum absolute atomic E-state index is 13.2. The molecule has 8 aromatic carbocycles. The second kappa shape index (κ2) is 32.0. The standard InChI is InChI=1S/C21H21FN6.C20H18Cl2N6.C20H19ClN6.C20H20N6/c1-13-3-2-10-28(13)12-19-23-21(27-25-19)15-6-9-18-17(11-15)20(26-24-18)14-4-7-16(22)8-5-14;21-15-5-3-12(10-16(15)22)19-14-9-13(4-6-17(14)24-26-19)20-23-18(25-27-20)11-28-7-1-2-8-28;21-15-6-3-13(4-7-15)19-16-11-14(5-8-17(16)23-25-19)20-22-18(24-26-20)12-27-9-1-2-10-27;1-2-6-14(7-3-1)19-16-12-15(8-9-17(16)22-24-19)20-21-18(23-25-20)13-26-10-4-5-11-26/h4-9,11,13H,2-3,10,12H2,1H3,(H,24,26)(H,23,25,27);3-6,9-10H,1-2,7-8,11H2,(H,24,26)(H,23,25,27);3-8,11H,1-2,9-10,12H2,(H,23,25)(H,22,24,26);1-3,6-9,12H,4-5,10-11,13H2,(H,22,24)(H,21,23,25). The van der Waals surface area contributed by atoms with Crippen LogP contribution in [0.1, 0.15) is 81.6 Å². The van der Waals surface area contributed by atoms with Gasteiger partial charge in [0.05, 0.1) is 81.1 Å². The van der Waals surface area contributed by atoms with Crippen LogP contribution < -0.4 is 0 Å². The molecule has 12 heterocycles. The number of H-pyrrole nitrogens is 8. The minimum absolute atomic E-state index is 0.259. The molecule has 109 heavy (non-hydrogen) atoms. The fourth-order valence-corrected chi connectivity index (χ4v) is 15.2. The highest BCUT2D eigenvalue weighted by molar-refractivity contribution is 6.42. The third kappa shape index (κ3) is 16.1. The molecule has 0 aliphatic carbocycles. The van der Waals surface area contributed by atoms with E-state index in [0.717, 1.165) is 212 Å². The van der Waals surface area contributed by atoms with Crippen LogP contribution >= 0.6 is 34.8 Å². The van der Waals surface area contributed by atoms with E-state index in [2.05, 4.69) is 143 Å². The van der Waals surface area contributed by atoms with Gasteiger partial charge in [0.2, 0.25) is 0 Å². The van der Waals surface area contributed by atoms with Gasteiger partial charge < -0.3 is 0 Å². The van der Waals surface area contributed by atoms with Crippen LogP contribution in [0.3, 0.4) is 0 Å². The molecule has 1 unspecified atom stereocenters. The SMILES string of the molecule is CC1CCCN1Cc1nc(-c2ccc3[nH]nc(-c4ccc(F)cc4)c3c2)n[nH]1.Clc1ccc(-c2n[nH]c3ccc(-c4n[nH]c(CN5CCCC5)n4)cc23)cc1.Clc1ccc(-c2n[nH]c3ccc(-c4n[nH]c(CN5CCCC5)n4)cc23)cc1Cl.c1ccc(-c2n[nH]c3ccc(-c4n[nH]c(CN5CCCC5)n4)cc23)cc1. The maximum Gasteiger partial charge on any atom is 0.181 e. The third-order valence-corrected chi connectivity index (χ3v) is 21.6. The first-order valence-corrected chi connectivity index (χ1v) is 38.1. The van der Waals surface area contributed by atoms with Gasteiger partial charge in [0.25, 0.3) is 0 Å². The molecule has 20 rings (SSSR count). The average Bonchev–Trinajstić information content (AvgIpc) is 1.67. The van der Waals surface area contributed by atoms with Crippen molar-refractivity contribution < 1.29 is 4.39 Å². The molecule has 0 radical (unpaired) electrons. The number of aromatic nitrogens is 20. The summed E-state index contributed by atoms with van der Waals surface area (Å²) in [6.45, 7) is 13.5. The number of benzene rings is 8. The summed E-state index contributed by atoms with van der Waals surface area (Å²) in [5.74, 6) is 6.19. The van der Waals surface area contributed by atoms with Gasteiger partial charge in [0, 0.05) is 77.1 Å². The average molecular weight is 1510 g/mol. The van der Waals surface area contributed by atoms with Crippen LogP contribution in [0.15, 0.2) is 170 Å². The predicted molar refractivity (Wildman–Crippen MR) is 425 cm³/mol. The molecule has 28 heteroatoms. The van der Waals surface area contributed by atoms with Gasteiger partial charge in [-0.3, -0.25) is 60.4 Å². The lowest BCUT2D eigenvalue weighted by molar-refractivity contribution is 0.254. The summed E-state index contributed by atoms with van der Waals surface area (Å²) in [6.07, 6.45) is 10.1. The fourth-order valence-electron chi connectivity index (χ4n) is 14.8. The minimum Gasteiger partial charge on any atom is -0.296 e. The first-order chi connectivity index (χ1) is 53.5. The second-order valence-electron chi connectivity index (χ2n) is 28.2. The van der Waals surface area contributed by atoms with E-state index in [1.807, 2.05) is 109 Å². The van der Waals surface area contributed by atoms with Crippen molar-refractivity contribution in [2.75, 3.05) is 45.8 Å². The molecule has 0 bridgehead atoms. The molecule has 4 saturated heterocycles. The first kappa shape index (κ1) is 70.8. The van der Waals surface area contributed by atoms with Crippen molar-refractivity contribution in [1.82, 2.24) is 121 Å². The van der Waals surface area contributed by atoms with Crippen LogP contribution in [0.25, 0.3) is 134 Å². The highest BCUT2D eigenvalue weighted by Gasteiger charge is 2.24. The molecule has 8 aromatic heterocycles. The highest BCUT2D eigenvalue weighted by Crippen LogP contribution is 2.37. The number of aromatic amines is 8. The first-order valence-electron chi connectivity index (χ1n) is 37.0. The Kier molecular flexibility index (Phi) is 20.8. The molecule has 4 fully saturated rings. The molecule has 4 aliphatic heterocycles. The Morgan fingerprint density at radius 2 is 0.670 bits per heavy atom. The Labute approximate surface area is 641 Å². The monoisotopic (exact) mass is 1510 g/mol. The van der Waals surface area contributed by atoms with Crippen LogP contribution in [-0.2, 0) is 26.2 Å². The quantitative estimate of drug-likeness (QED) is 0.0446. The Morgan fingerprint density at radius 1 is 0.330 bits per heavy atom. The number of nitrogens with one attached hydrogen (secondary N) is 8. The largest absolute Gasteiger partial charge is 0.296 e. The zero-order valence-corrected chi connectivity index (χ0v) is 62.1. The Bertz CT molecular complexity index is 5780. The molecule has 8 N–H and O–H groups in total. The van der Waals surface area contributed by atoms with E-state index in [4.69, 9.17) is 49.8 Å². The van der Waals surface area contributed by atoms with Gasteiger partial charge in [-0.15, -0.1) is 0 Å². The molecular weight excluding hydrogens is 1430 g/mol. The van der Waals surface area contributed by atoms with Gasteiger partial charge in [-0.2, -0.15) is 40.8 Å². The van der Waals surface area contributed by atoms with E-state index >= 15 is 0 Å². The number of hydrogen-bond donors (Lipinski definition) is 8. The van der Waals surface area contributed by atoms with Gasteiger partial charge >= 0.3 is 0 Å². The van der Waals surface area contributed by atoms with Gasteiger partial charge in [-0.25, -0.2) is 24.3 Å². The van der Waals surface area contributed by atoms with E-state index < -0.39 is 0 Å². The topological polar surface area (TPSA) is 294 Å². The zero-order chi connectivity index (χ0) is 73.7. The van der Waals surface area contributed by atoms with E-state index in [-0.39, 0.29) is 5.82 Å². The van der Waals surface area contributed by atoms with Gasteiger partial charge in [-0.1, -0.05) is 83.3 Å². The number of halogens is 4. The van der Waals surface area contributed by atoms with Crippen LogP contribution in [0.5, 0.6) is 0 Å². The maximum atomic E-state index is 13.2.